The van der Waals surface area contributed by atoms with Gasteiger partial charge in [-0.3, -0.25) is 0 Å². The van der Waals surface area contributed by atoms with Crippen molar-refractivity contribution in [1.29, 1.82) is 0 Å². The molecule has 24 heavy (non-hydrogen) atoms. The van der Waals surface area contributed by atoms with Crippen molar-refractivity contribution in [2.45, 2.75) is 36.1 Å². The van der Waals surface area contributed by atoms with E-state index in [1.54, 1.807) is 0 Å². The van der Waals surface area contributed by atoms with Gasteiger partial charge in [0, 0.05) is 18.7 Å². The first-order valence-electron chi connectivity index (χ1n) is 7.44. The zero-order valence-corrected chi connectivity index (χ0v) is 13.8. The lowest BCUT2D eigenvalue weighted by atomic mass is 9.88. The number of benzene rings is 1. The smallest absolute Gasteiger partial charge is 0.392 e. The summed E-state index contributed by atoms with van der Waals surface area (Å²) >= 11 is 0. The van der Waals surface area contributed by atoms with Crippen LogP contribution in [0, 0.1) is 11.8 Å². The average molecular weight is 367 g/mol. The molecule has 0 aromatic heterocycles. The molecule has 1 aliphatic carbocycles. The summed E-state index contributed by atoms with van der Waals surface area (Å²) < 4.78 is 62.3. The van der Waals surface area contributed by atoms with Gasteiger partial charge < -0.3 is 15.9 Å². The first kappa shape index (κ1) is 19.2. The number of hydrogen-bond donors (Lipinski definition) is 3. The summed E-state index contributed by atoms with van der Waals surface area (Å²) in [5.41, 5.74) is 4.29. The summed E-state index contributed by atoms with van der Waals surface area (Å²) in [6, 6.07) is 2.15. The minimum absolute atomic E-state index is 0.0238. The number of aliphatic hydroxyl groups is 2. The highest BCUT2D eigenvalue weighted by Gasteiger charge is 2.40. The monoisotopic (exact) mass is 367 g/mol. The van der Waals surface area contributed by atoms with E-state index < -0.39 is 44.6 Å². The first-order valence-corrected chi connectivity index (χ1v) is 9.33. The molecule has 136 valence electrons. The summed E-state index contributed by atoms with van der Waals surface area (Å²) in [5.74, 6) is -0.876. The van der Waals surface area contributed by atoms with Crippen molar-refractivity contribution < 1.29 is 31.8 Å². The Labute approximate surface area is 138 Å². The molecule has 2 rings (SSSR count). The first-order chi connectivity index (χ1) is 11.0. The summed E-state index contributed by atoms with van der Waals surface area (Å²) in [6.07, 6.45) is -4.79. The largest absolute Gasteiger partial charge is 0.416 e. The molecule has 1 aliphatic rings. The predicted molar refractivity (Wildman–Crippen MR) is 80.8 cm³/mol. The van der Waals surface area contributed by atoms with Crippen LogP contribution in [-0.2, 0) is 16.0 Å². The number of aliphatic hydroxyl groups excluding tert-OH is 2. The SMILES string of the molecule is CS(=O)(=O)c1cc(C(F)(F)F)ccc1[C@H](O)[C@@H](CN)[C@H](O)C1CC1. The van der Waals surface area contributed by atoms with E-state index in [4.69, 9.17) is 5.73 Å². The Bertz CT molecular complexity index is 701. The van der Waals surface area contributed by atoms with E-state index in [0.29, 0.717) is 12.1 Å². The summed E-state index contributed by atoms with van der Waals surface area (Å²) in [4.78, 5) is -0.605. The molecule has 0 aliphatic heterocycles. The van der Waals surface area contributed by atoms with Gasteiger partial charge in [0.1, 0.15) is 0 Å². The molecule has 1 aromatic carbocycles. The lowest BCUT2D eigenvalue weighted by molar-refractivity contribution is -0.137. The Morgan fingerprint density at radius 1 is 1.29 bits per heavy atom. The van der Waals surface area contributed by atoms with Crippen molar-refractivity contribution in [3.63, 3.8) is 0 Å². The van der Waals surface area contributed by atoms with Crippen LogP contribution in [0.1, 0.15) is 30.1 Å². The Morgan fingerprint density at radius 2 is 1.88 bits per heavy atom. The highest BCUT2D eigenvalue weighted by Crippen LogP contribution is 2.41. The molecule has 0 amide bonds. The van der Waals surface area contributed by atoms with Crippen molar-refractivity contribution in [2.24, 2.45) is 17.6 Å². The highest BCUT2D eigenvalue weighted by molar-refractivity contribution is 7.90. The fourth-order valence-electron chi connectivity index (χ4n) is 2.75. The van der Waals surface area contributed by atoms with Gasteiger partial charge >= 0.3 is 6.18 Å². The molecule has 4 N–H and O–H groups in total. The van der Waals surface area contributed by atoms with Gasteiger partial charge in [0.15, 0.2) is 9.84 Å². The maximum Gasteiger partial charge on any atom is 0.416 e. The molecule has 0 heterocycles. The van der Waals surface area contributed by atoms with Crippen LogP contribution >= 0.6 is 0 Å². The summed E-state index contributed by atoms with van der Waals surface area (Å²) in [7, 11) is -4.02. The van der Waals surface area contributed by atoms with Gasteiger partial charge in [-0.05, 0) is 36.5 Å². The summed E-state index contributed by atoms with van der Waals surface area (Å²) in [5, 5.41) is 20.7. The maximum atomic E-state index is 12.8. The van der Waals surface area contributed by atoms with Gasteiger partial charge in [0.25, 0.3) is 0 Å². The second-order valence-electron chi connectivity index (χ2n) is 6.19. The van der Waals surface area contributed by atoms with Gasteiger partial charge in [-0.2, -0.15) is 13.2 Å². The van der Waals surface area contributed by atoms with E-state index >= 15 is 0 Å². The second kappa shape index (κ2) is 6.62. The molecular formula is C15H20F3NO4S. The maximum absolute atomic E-state index is 12.8. The lowest BCUT2D eigenvalue weighted by Crippen LogP contribution is -2.35. The molecule has 1 fully saturated rings. The lowest BCUT2D eigenvalue weighted by Gasteiger charge is -2.28. The van der Waals surface area contributed by atoms with E-state index in [1.807, 2.05) is 0 Å². The van der Waals surface area contributed by atoms with E-state index in [0.717, 1.165) is 25.2 Å². The van der Waals surface area contributed by atoms with Crippen molar-refractivity contribution in [2.75, 3.05) is 12.8 Å². The zero-order chi connectivity index (χ0) is 18.3. The summed E-state index contributed by atoms with van der Waals surface area (Å²) in [6.45, 7) is -0.122. The van der Waals surface area contributed by atoms with Crippen LogP contribution in [0.4, 0.5) is 13.2 Å². The fourth-order valence-corrected chi connectivity index (χ4v) is 3.71. The van der Waals surface area contributed by atoms with Gasteiger partial charge in [-0.25, -0.2) is 8.42 Å². The third kappa shape index (κ3) is 4.08. The van der Waals surface area contributed by atoms with E-state index in [9.17, 15) is 31.8 Å². The van der Waals surface area contributed by atoms with Gasteiger partial charge in [0.05, 0.1) is 22.7 Å². The van der Waals surface area contributed by atoms with Crippen LogP contribution in [-0.4, -0.2) is 37.5 Å². The molecule has 5 nitrogen and oxygen atoms in total. The van der Waals surface area contributed by atoms with Crippen LogP contribution in [0.15, 0.2) is 23.1 Å². The second-order valence-corrected chi connectivity index (χ2v) is 8.18. The number of halogens is 3. The standard InChI is InChI=1S/C15H20F3NO4S/c1-24(22,23)12-6-9(15(16,17)18)4-5-10(12)14(21)11(7-19)13(20)8-2-3-8/h4-6,8,11,13-14,20-21H,2-3,7,19H2,1H3/t11-,13+,14-/m0/s1. The molecule has 0 saturated heterocycles. The van der Waals surface area contributed by atoms with E-state index in [-0.39, 0.29) is 18.0 Å². The number of hydrogen-bond acceptors (Lipinski definition) is 5. The fraction of sp³-hybridized carbons (Fsp3) is 0.600. The molecule has 0 radical (unpaired) electrons. The number of nitrogens with two attached hydrogens (primary N) is 1. The minimum atomic E-state index is -4.70. The van der Waals surface area contributed by atoms with Crippen LogP contribution < -0.4 is 5.73 Å². The third-order valence-corrected chi connectivity index (χ3v) is 5.43. The Kier molecular flexibility index (Phi) is 5.29. The Morgan fingerprint density at radius 3 is 2.29 bits per heavy atom. The van der Waals surface area contributed by atoms with Crippen molar-refractivity contribution >= 4 is 9.84 Å². The predicted octanol–water partition coefficient (Wildman–Crippen LogP) is 1.49. The molecule has 0 unspecified atom stereocenters. The average Bonchev–Trinajstić information content (AvgIpc) is 3.29. The van der Waals surface area contributed by atoms with Crippen molar-refractivity contribution in [3.8, 4) is 0 Å². The van der Waals surface area contributed by atoms with E-state index in [2.05, 4.69) is 0 Å². The molecule has 0 bridgehead atoms. The van der Waals surface area contributed by atoms with Gasteiger partial charge in [-0.1, -0.05) is 6.07 Å². The van der Waals surface area contributed by atoms with Gasteiger partial charge in [-0.15, -0.1) is 0 Å². The molecular weight excluding hydrogens is 347 g/mol. The normalized spacial score (nSPS) is 19.8. The highest BCUT2D eigenvalue weighted by atomic mass is 32.2. The van der Waals surface area contributed by atoms with Crippen molar-refractivity contribution in [1.82, 2.24) is 0 Å². The van der Waals surface area contributed by atoms with Crippen molar-refractivity contribution in [3.05, 3.63) is 29.3 Å². The quantitative estimate of drug-likeness (QED) is 0.707. The molecule has 0 spiro atoms. The van der Waals surface area contributed by atoms with Crippen LogP contribution in [0.5, 0.6) is 0 Å². The molecule has 9 heteroatoms. The molecule has 1 aromatic rings. The van der Waals surface area contributed by atoms with E-state index in [1.165, 1.54) is 0 Å². The van der Waals surface area contributed by atoms with Crippen LogP contribution in [0.2, 0.25) is 0 Å². The van der Waals surface area contributed by atoms with Crippen LogP contribution in [0.3, 0.4) is 0 Å². The Hall–Kier alpha value is -1.16. The topological polar surface area (TPSA) is 101 Å². The van der Waals surface area contributed by atoms with Crippen LogP contribution in [0.25, 0.3) is 0 Å². The third-order valence-electron chi connectivity index (χ3n) is 4.28. The number of sulfone groups is 1. The zero-order valence-electron chi connectivity index (χ0n) is 13.0. The minimum Gasteiger partial charge on any atom is -0.392 e. The molecule has 3 atom stereocenters. The number of rotatable bonds is 6. The number of alkyl halides is 3. The molecule has 1 saturated carbocycles. The van der Waals surface area contributed by atoms with Gasteiger partial charge in [0.2, 0.25) is 0 Å². The Balaban J connectivity index is 2.48.